The fourth-order valence-electron chi connectivity index (χ4n) is 7.11. The van der Waals surface area contributed by atoms with Crippen LogP contribution in [0.3, 0.4) is 0 Å². The average Bonchev–Trinajstić information content (AvgIpc) is 3.89. The summed E-state index contributed by atoms with van der Waals surface area (Å²) in [7, 11) is 3.82. The number of nitrogens with two attached hydrogens (primary N) is 1. The summed E-state index contributed by atoms with van der Waals surface area (Å²) in [6.07, 6.45) is 1.81. The van der Waals surface area contributed by atoms with E-state index in [1.807, 2.05) is 87.1 Å². The summed E-state index contributed by atoms with van der Waals surface area (Å²) in [5, 5.41) is 3.14. The number of fused-ring (bicyclic) bond motifs is 2. The first-order chi connectivity index (χ1) is 24.6. The van der Waals surface area contributed by atoms with Gasteiger partial charge in [0.25, 0.3) is 0 Å². The summed E-state index contributed by atoms with van der Waals surface area (Å²) in [4.78, 5) is 46.9. The van der Waals surface area contributed by atoms with Gasteiger partial charge in [-0.05, 0) is 91.9 Å². The van der Waals surface area contributed by atoms with Gasteiger partial charge in [-0.15, -0.1) is 0 Å². The van der Waals surface area contributed by atoms with Crippen LogP contribution in [-0.4, -0.2) is 68.2 Å². The van der Waals surface area contributed by atoms with E-state index in [4.69, 9.17) is 15.7 Å². The van der Waals surface area contributed by atoms with Crippen LogP contribution < -0.4 is 11.1 Å². The van der Waals surface area contributed by atoms with Crippen LogP contribution in [0.4, 0.5) is 0 Å². The molecule has 1 aliphatic heterocycles. The summed E-state index contributed by atoms with van der Waals surface area (Å²) < 4.78 is 0. The lowest BCUT2D eigenvalue weighted by Gasteiger charge is -2.27. The largest absolute Gasteiger partial charge is 0.345 e. The van der Waals surface area contributed by atoms with E-state index in [0.29, 0.717) is 12.4 Å². The Bertz CT molecular complexity index is 2170. The van der Waals surface area contributed by atoms with Crippen molar-refractivity contribution in [1.82, 2.24) is 35.1 Å². The lowest BCUT2D eigenvalue weighted by molar-refractivity contribution is -0.134. The molecule has 1 fully saturated rings. The molecule has 2 aromatic heterocycles. The Morgan fingerprint density at radius 2 is 1.41 bits per heavy atom. The molecule has 4 atom stereocenters. The van der Waals surface area contributed by atoms with Crippen LogP contribution in [0.15, 0.2) is 91.0 Å². The van der Waals surface area contributed by atoms with Gasteiger partial charge < -0.3 is 25.9 Å². The van der Waals surface area contributed by atoms with E-state index in [1.165, 1.54) is 0 Å². The molecule has 6 aromatic rings. The molecular formula is C41H46N8O2. The number of hydrogen-bond donors (Lipinski definition) is 4. The molecule has 3 heterocycles. The molecule has 4 aromatic carbocycles. The number of benzene rings is 4. The first-order valence-electron chi connectivity index (χ1n) is 17.8. The number of likely N-dealkylation sites (tertiary alicyclic amines) is 1. The van der Waals surface area contributed by atoms with Gasteiger partial charge in [0.05, 0.1) is 40.2 Å². The van der Waals surface area contributed by atoms with Crippen LogP contribution in [0.2, 0.25) is 0 Å². The quantitative estimate of drug-likeness (QED) is 0.124. The monoisotopic (exact) mass is 682 g/mol. The highest BCUT2D eigenvalue weighted by Crippen LogP contribution is 2.34. The zero-order valence-electron chi connectivity index (χ0n) is 29.9. The van der Waals surface area contributed by atoms with E-state index < -0.39 is 12.1 Å². The van der Waals surface area contributed by atoms with E-state index in [2.05, 4.69) is 63.8 Å². The second-order valence-corrected chi connectivity index (χ2v) is 14.3. The van der Waals surface area contributed by atoms with Crippen molar-refractivity contribution < 1.29 is 9.59 Å². The lowest BCUT2D eigenvalue weighted by atomic mass is 10.00. The topological polar surface area (TPSA) is 136 Å². The van der Waals surface area contributed by atoms with Crippen LogP contribution in [0.1, 0.15) is 69.0 Å². The molecule has 10 heteroatoms. The smallest absolute Gasteiger partial charge is 0.242 e. The van der Waals surface area contributed by atoms with Gasteiger partial charge in [-0.2, -0.15) is 0 Å². The first kappa shape index (κ1) is 34.1. The van der Waals surface area contributed by atoms with Gasteiger partial charge in [0.1, 0.15) is 17.7 Å². The number of hydrogen-bond acceptors (Lipinski definition) is 6. The molecule has 1 saturated heterocycles. The van der Waals surface area contributed by atoms with Gasteiger partial charge in [0.15, 0.2) is 0 Å². The minimum atomic E-state index is -0.506. The van der Waals surface area contributed by atoms with Crippen LogP contribution in [0.5, 0.6) is 0 Å². The number of imidazole rings is 2. The van der Waals surface area contributed by atoms with Gasteiger partial charge in [0.2, 0.25) is 11.8 Å². The van der Waals surface area contributed by atoms with Gasteiger partial charge >= 0.3 is 0 Å². The number of rotatable bonds is 10. The lowest BCUT2D eigenvalue weighted by Crippen LogP contribution is -2.46. The molecule has 0 saturated carbocycles. The van der Waals surface area contributed by atoms with E-state index in [9.17, 15) is 9.59 Å². The van der Waals surface area contributed by atoms with Gasteiger partial charge in [0, 0.05) is 6.54 Å². The zero-order chi connectivity index (χ0) is 35.8. The van der Waals surface area contributed by atoms with Crippen molar-refractivity contribution in [2.75, 3.05) is 20.6 Å². The Hall–Kier alpha value is -5.32. The maximum Gasteiger partial charge on any atom is 0.242 e. The SMILES string of the molecule is CC(C)[C@H](N)C(=O)N1CCC[C@H]1c1nc2ccc(-c3ccc(-c4ccc5nc([C@H](C)NC(=O)[C@@H](c6ccccc6)N(C)C)[nH]c5c4)cc3)cc2[nH]1. The second-order valence-electron chi connectivity index (χ2n) is 14.3. The molecule has 5 N–H and O–H groups in total. The van der Waals surface area contributed by atoms with Crippen molar-refractivity contribution >= 4 is 33.9 Å². The molecule has 0 spiro atoms. The normalized spacial score (nSPS) is 16.6. The van der Waals surface area contributed by atoms with Crippen LogP contribution in [0, 0.1) is 5.92 Å². The second kappa shape index (κ2) is 14.1. The summed E-state index contributed by atoms with van der Waals surface area (Å²) in [6, 6.07) is 29.5. The number of aromatic amines is 2. The fraction of sp³-hybridized carbons (Fsp3) is 0.317. The highest BCUT2D eigenvalue weighted by molar-refractivity contribution is 5.86. The average molecular weight is 683 g/mol. The number of nitrogens with zero attached hydrogens (tertiary/aromatic N) is 4. The molecule has 1 aliphatic rings. The maximum absolute atomic E-state index is 13.3. The number of likely N-dealkylation sites (N-methyl/N-ethyl adjacent to an activating group) is 1. The predicted octanol–water partition coefficient (Wildman–Crippen LogP) is 6.90. The summed E-state index contributed by atoms with van der Waals surface area (Å²) >= 11 is 0. The molecule has 7 rings (SSSR count). The summed E-state index contributed by atoms with van der Waals surface area (Å²) in [5.74, 6) is 1.53. The third-order valence-electron chi connectivity index (χ3n) is 10.1. The Labute approximate surface area is 298 Å². The standard InChI is InChI=1S/C41H46N8O2/c1-24(2)36(42)41(51)49-21-9-12-35(49)39-45-32-20-18-30(23-34(32)47-39)27-15-13-26(14-16-27)29-17-19-31-33(22-29)46-38(44-31)25(3)43-40(50)37(48(4)5)28-10-7-6-8-11-28/h6-8,10-11,13-20,22-25,35-37H,9,12,21,42H2,1-5H3,(H,43,50)(H,44,46)(H,45,47)/t25-,35-,36-,37+/m0/s1. The molecule has 51 heavy (non-hydrogen) atoms. The highest BCUT2D eigenvalue weighted by Gasteiger charge is 2.35. The van der Waals surface area contributed by atoms with Crippen LogP contribution in [0.25, 0.3) is 44.3 Å². The fourth-order valence-corrected chi connectivity index (χ4v) is 7.11. The summed E-state index contributed by atoms with van der Waals surface area (Å²) in [5.41, 5.74) is 15.1. The Kier molecular flexibility index (Phi) is 9.46. The van der Waals surface area contributed by atoms with E-state index in [-0.39, 0.29) is 29.8 Å². The van der Waals surface area contributed by atoms with Crippen molar-refractivity contribution in [3.8, 4) is 22.3 Å². The number of amides is 2. The Morgan fingerprint density at radius 3 is 2.02 bits per heavy atom. The van der Waals surface area contributed by atoms with Crippen LogP contribution >= 0.6 is 0 Å². The molecule has 0 aliphatic carbocycles. The molecular weight excluding hydrogens is 637 g/mol. The van der Waals surface area contributed by atoms with E-state index in [1.54, 1.807) is 0 Å². The third-order valence-corrected chi connectivity index (χ3v) is 10.1. The molecule has 10 nitrogen and oxygen atoms in total. The van der Waals surface area contributed by atoms with Gasteiger partial charge in [-0.3, -0.25) is 14.5 Å². The van der Waals surface area contributed by atoms with Gasteiger partial charge in [-0.25, -0.2) is 9.97 Å². The minimum Gasteiger partial charge on any atom is -0.345 e. The molecule has 0 bridgehead atoms. The van der Waals surface area contributed by atoms with E-state index >= 15 is 0 Å². The highest BCUT2D eigenvalue weighted by atomic mass is 16.2. The number of carbonyl (C=O) groups excluding carboxylic acids is 2. The molecule has 0 unspecified atom stereocenters. The van der Waals surface area contributed by atoms with Crippen molar-refractivity contribution in [3.63, 3.8) is 0 Å². The molecule has 0 radical (unpaired) electrons. The zero-order valence-corrected chi connectivity index (χ0v) is 29.9. The molecule has 262 valence electrons. The number of carbonyl (C=O) groups is 2. The van der Waals surface area contributed by atoms with Crippen molar-refractivity contribution in [2.45, 2.75) is 57.8 Å². The summed E-state index contributed by atoms with van der Waals surface area (Å²) in [6.45, 7) is 6.62. The van der Waals surface area contributed by atoms with Crippen LogP contribution in [-0.2, 0) is 9.59 Å². The maximum atomic E-state index is 13.3. The van der Waals surface area contributed by atoms with Crippen molar-refractivity contribution in [2.24, 2.45) is 11.7 Å². The number of nitrogens with one attached hydrogen (secondary N) is 3. The third kappa shape index (κ3) is 6.89. The van der Waals surface area contributed by atoms with E-state index in [0.717, 1.165) is 68.6 Å². The van der Waals surface area contributed by atoms with Gasteiger partial charge in [-0.1, -0.05) is 80.6 Å². The predicted molar refractivity (Wildman–Crippen MR) is 203 cm³/mol. The Morgan fingerprint density at radius 1 is 0.824 bits per heavy atom. The first-order valence-corrected chi connectivity index (χ1v) is 17.8. The molecule has 2 amide bonds. The minimum absolute atomic E-state index is 0.00302. The number of aromatic nitrogens is 4. The van der Waals surface area contributed by atoms with Crippen molar-refractivity contribution in [3.05, 3.63) is 108 Å². The number of H-pyrrole nitrogens is 2. The Balaban J connectivity index is 1.06. The van der Waals surface area contributed by atoms with Crippen molar-refractivity contribution in [1.29, 1.82) is 0 Å².